The van der Waals surface area contributed by atoms with Gasteiger partial charge in [0.05, 0.1) is 0 Å². The summed E-state index contributed by atoms with van der Waals surface area (Å²) in [7, 11) is 0. The summed E-state index contributed by atoms with van der Waals surface area (Å²) in [5.74, 6) is 0.961. The molecule has 0 aliphatic carbocycles. The molecule has 1 aromatic carbocycles. The van der Waals surface area contributed by atoms with Crippen molar-refractivity contribution in [3.05, 3.63) is 45.6 Å². The van der Waals surface area contributed by atoms with E-state index >= 15 is 0 Å². The minimum atomic E-state index is -0.0261. The topological polar surface area (TPSA) is 56.7 Å². The van der Waals surface area contributed by atoms with E-state index in [9.17, 15) is 0 Å². The molecule has 0 radical (unpaired) electrons. The summed E-state index contributed by atoms with van der Waals surface area (Å²) in [5, 5.41) is 4.22. The quantitative estimate of drug-likeness (QED) is 0.838. The maximum atomic E-state index is 6.22. The van der Waals surface area contributed by atoms with Crippen molar-refractivity contribution in [1.82, 2.24) is 14.8 Å². The smallest absolute Gasteiger partial charge is 0.138 e. The molecule has 0 saturated carbocycles. The van der Waals surface area contributed by atoms with Gasteiger partial charge in [-0.05, 0) is 46.7 Å². The lowest BCUT2D eigenvalue weighted by Crippen LogP contribution is -2.17. The lowest BCUT2D eigenvalue weighted by Gasteiger charge is -2.12. The van der Waals surface area contributed by atoms with Crippen molar-refractivity contribution in [2.75, 3.05) is 0 Å². The van der Waals surface area contributed by atoms with Crippen LogP contribution in [-0.2, 0) is 13.0 Å². The maximum Gasteiger partial charge on any atom is 0.138 e. The minimum absolute atomic E-state index is 0.0261. The van der Waals surface area contributed by atoms with Gasteiger partial charge in [0, 0.05) is 22.6 Å². The predicted octanol–water partition coefficient (Wildman–Crippen LogP) is 2.54. The van der Waals surface area contributed by atoms with Crippen LogP contribution in [0.1, 0.15) is 30.8 Å². The van der Waals surface area contributed by atoms with E-state index in [4.69, 9.17) is 5.73 Å². The average Bonchev–Trinajstić information content (AvgIpc) is 2.78. The van der Waals surface area contributed by atoms with Crippen molar-refractivity contribution in [3.8, 4) is 0 Å². The fourth-order valence-corrected chi connectivity index (χ4v) is 2.23. The minimum Gasteiger partial charge on any atom is -0.324 e. The molecular formula is C13H17IN4. The number of aryl methyl sites for hydroxylation is 1. The van der Waals surface area contributed by atoms with Crippen LogP contribution in [0.4, 0.5) is 0 Å². The third kappa shape index (κ3) is 3.29. The van der Waals surface area contributed by atoms with Gasteiger partial charge in [0.2, 0.25) is 0 Å². The molecule has 2 aromatic rings. The van der Waals surface area contributed by atoms with Crippen molar-refractivity contribution in [1.29, 1.82) is 0 Å². The molecule has 0 fully saturated rings. The maximum absolute atomic E-state index is 6.22. The Morgan fingerprint density at radius 3 is 2.72 bits per heavy atom. The Morgan fingerprint density at radius 1 is 1.33 bits per heavy atom. The van der Waals surface area contributed by atoms with Crippen LogP contribution in [-0.4, -0.2) is 14.8 Å². The van der Waals surface area contributed by atoms with Crippen molar-refractivity contribution in [2.24, 2.45) is 5.73 Å². The normalized spacial score (nSPS) is 12.6. The number of nitrogens with zero attached hydrogens (tertiary/aromatic N) is 3. The second-order valence-electron chi connectivity index (χ2n) is 4.26. The molecule has 96 valence electrons. The lowest BCUT2D eigenvalue weighted by atomic mass is 10.0. The van der Waals surface area contributed by atoms with E-state index in [1.54, 1.807) is 6.33 Å². The summed E-state index contributed by atoms with van der Waals surface area (Å²) in [6.45, 7) is 3.03. The number of halogens is 1. The molecule has 18 heavy (non-hydrogen) atoms. The first-order valence-electron chi connectivity index (χ1n) is 6.08. The second kappa shape index (κ2) is 6.29. The number of hydrogen-bond acceptors (Lipinski definition) is 3. The van der Waals surface area contributed by atoms with Crippen LogP contribution in [0.5, 0.6) is 0 Å². The van der Waals surface area contributed by atoms with Gasteiger partial charge in [-0.25, -0.2) is 4.98 Å². The van der Waals surface area contributed by atoms with Gasteiger partial charge in [0.1, 0.15) is 12.2 Å². The Labute approximate surface area is 121 Å². The molecule has 0 amide bonds. The van der Waals surface area contributed by atoms with Crippen LogP contribution >= 0.6 is 22.6 Å². The van der Waals surface area contributed by atoms with E-state index in [1.165, 1.54) is 3.57 Å². The largest absolute Gasteiger partial charge is 0.324 e. The molecule has 0 spiro atoms. The van der Waals surface area contributed by atoms with E-state index in [-0.39, 0.29) is 6.04 Å². The predicted molar refractivity (Wildman–Crippen MR) is 80.1 cm³/mol. The monoisotopic (exact) mass is 356 g/mol. The Balaban J connectivity index is 2.08. The number of nitrogens with two attached hydrogens (primary N) is 1. The summed E-state index contributed by atoms with van der Waals surface area (Å²) in [6, 6.07) is 8.28. The van der Waals surface area contributed by atoms with Crippen LogP contribution in [0.3, 0.4) is 0 Å². The average molecular weight is 356 g/mol. The SMILES string of the molecule is CCCn1ncnc1CC(N)c1ccc(I)cc1. The van der Waals surface area contributed by atoms with Gasteiger partial charge in [-0.2, -0.15) is 5.10 Å². The molecule has 1 unspecified atom stereocenters. The van der Waals surface area contributed by atoms with Gasteiger partial charge in [0.25, 0.3) is 0 Å². The van der Waals surface area contributed by atoms with Crippen molar-refractivity contribution in [3.63, 3.8) is 0 Å². The molecule has 2 N–H and O–H groups in total. The van der Waals surface area contributed by atoms with E-state index in [0.717, 1.165) is 30.8 Å². The summed E-state index contributed by atoms with van der Waals surface area (Å²) < 4.78 is 3.16. The van der Waals surface area contributed by atoms with Gasteiger partial charge in [-0.3, -0.25) is 4.68 Å². The number of hydrogen-bond donors (Lipinski definition) is 1. The molecule has 5 heteroatoms. The van der Waals surface area contributed by atoms with Crippen LogP contribution in [0.25, 0.3) is 0 Å². The summed E-state index contributed by atoms with van der Waals surface area (Å²) in [4.78, 5) is 4.29. The van der Waals surface area contributed by atoms with Crippen molar-refractivity contribution in [2.45, 2.75) is 32.4 Å². The zero-order chi connectivity index (χ0) is 13.0. The molecule has 1 atom stereocenters. The highest BCUT2D eigenvalue weighted by molar-refractivity contribution is 14.1. The van der Waals surface area contributed by atoms with E-state index in [1.807, 2.05) is 4.68 Å². The molecule has 4 nitrogen and oxygen atoms in total. The van der Waals surface area contributed by atoms with E-state index < -0.39 is 0 Å². The first kappa shape index (κ1) is 13.5. The summed E-state index contributed by atoms with van der Waals surface area (Å²) in [5.41, 5.74) is 7.36. The summed E-state index contributed by atoms with van der Waals surface area (Å²) >= 11 is 2.29. The Kier molecular flexibility index (Phi) is 4.71. The Hall–Kier alpha value is -0.950. The van der Waals surface area contributed by atoms with Gasteiger partial charge in [-0.1, -0.05) is 19.1 Å². The van der Waals surface area contributed by atoms with Crippen LogP contribution < -0.4 is 5.73 Å². The van der Waals surface area contributed by atoms with Crippen LogP contribution in [0.2, 0.25) is 0 Å². The van der Waals surface area contributed by atoms with Gasteiger partial charge < -0.3 is 5.73 Å². The molecule has 0 aliphatic rings. The van der Waals surface area contributed by atoms with Gasteiger partial charge in [0.15, 0.2) is 0 Å². The molecule has 0 saturated heterocycles. The second-order valence-corrected chi connectivity index (χ2v) is 5.51. The fraction of sp³-hybridized carbons (Fsp3) is 0.385. The van der Waals surface area contributed by atoms with E-state index in [2.05, 4.69) is 63.9 Å². The molecule has 1 heterocycles. The highest BCUT2D eigenvalue weighted by Crippen LogP contribution is 2.16. The molecule has 2 rings (SSSR count). The molecule has 0 aliphatic heterocycles. The summed E-state index contributed by atoms with van der Waals surface area (Å²) in [6.07, 6.45) is 3.38. The third-order valence-electron chi connectivity index (χ3n) is 2.83. The molecule has 0 bridgehead atoms. The fourth-order valence-electron chi connectivity index (χ4n) is 1.87. The standard InChI is InChI=1S/C13H17IN4/c1-2-7-18-13(16-9-17-18)8-12(15)10-3-5-11(14)6-4-10/h3-6,9,12H,2,7-8,15H2,1H3. The van der Waals surface area contributed by atoms with Crippen LogP contribution in [0, 0.1) is 3.57 Å². The first-order chi connectivity index (χ1) is 8.70. The molecule has 1 aromatic heterocycles. The number of rotatable bonds is 5. The van der Waals surface area contributed by atoms with Gasteiger partial charge in [-0.15, -0.1) is 0 Å². The van der Waals surface area contributed by atoms with Crippen LogP contribution in [0.15, 0.2) is 30.6 Å². The van der Waals surface area contributed by atoms with Crippen molar-refractivity contribution >= 4 is 22.6 Å². The third-order valence-corrected chi connectivity index (χ3v) is 3.55. The van der Waals surface area contributed by atoms with Gasteiger partial charge >= 0.3 is 0 Å². The molecular weight excluding hydrogens is 339 g/mol. The Morgan fingerprint density at radius 2 is 2.06 bits per heavy atom. The number of aromatic nitrogens is 3. The lowest BCUT2D eigenvalue weighted by molar-refractivity contribution is 0.548. The van der Waals surface area contributed by atoms with Crippen molar-refractivity contribution < 1.29 is 0 Å². The van der Waals surface area contributed by atoms with E-state index in [0.29, 0.717) is 0 Å². The zero-order valence-electron chi connectivity index (χ0n) is 10.4. The Bertz CT molecular complexity index is 492. The first-order valence-corrected chi connectivity index (χ1v) is 7.16. The highest BCUT2D eigenvalue weighted by Gasteiger charge is 2.11. The number of benzene rings is 1. The zero-order valence-corrected chi connectivity index (χ0v) is 12.5. The highest BCUT2D eigenvalue weighted by atomic mass is 127.